The second-order valence-corrected chi connectivity index (χ2v) is 17.5. The first kappa shape index (κ1) is 32.9. The molecule has 1 saturated carbocycles. The molecule has 3 aliphatic heterocycles. The minimum absolute atomic E-state index is 0.0208. The van der Waals surface area contributed by atoms with E-state index < -0.39 is 9.84 Å². The molecule has 2 aromatic heterocycles. The molecular weight excluding hydrogens is 678 g/mol. The van der Waals surface area contributed by atoms with Crippen LogP contribution in [0.25, 0.3) is 22.0 Å². The molecule has 2 aromatic carbocycles. The maximum atomic E-state index is 13.7. The summed E-state index contributed by atoms with van der Waals surface area (Å²) in [6, 6.07) is 14.3. The van der Waals surface area contributed by atoms with Crippen LogP contribution in [0.5, 0.6) is 0 Å². The maximum Gasteiger partial charge on any atom is 0.258 e. The topological polar surface area (TPSA) is 123 Å². The molecule has 4 aliphatic rings. The van der Waals surface area contributed by atoms with Crippen LogP contribution in [0.4, 0.5) is 20.9 Å². The van der Waals surface area contributed by atoms with Crippen molar-refractivity contribution in [1.82, 2.24) is 19.4 Å². The molecular formula is C36H38FN7O4S2. The number of sulfone groups is 1. The Bertz CT molecular complexity index is 2180. The Hall–Kier alpha value is -4.32. The van der Waals surface area contributed by atoms with E-state index in [1.165, 1.54) is 23.5 Å². The lowest BCUT2D eigenvalue weighted by molar-refractivity contribution is -0.145. The highest BCUT2D eigenvalue weighted by molar-refractivity contribution is 7.91. The molecule has 50 heavy (non-hydrogen) atoms. The fraction of sp³-hybridized carbons (Fsp3) is 0.444. The van der Waals surface area contributed by atoms with Gasteiger partial charge < -0.3 is 19.3 Å². The first-order valence-corrected chi connectivity index (χ1v) is 19.7. The summed E-state index contributed by atoms with van der Waals surface area (Å²) in [5.74, 6) is 0.199. The number of fused-ring (bicyclic) bond motifs is 1. The molecule has 0 unspecified atom stereocenters. The molecule has 11 nitrogen and oxygen atoms in total. The Morgan fingerprint density at radius 3 is 2.42 bits per heavy atom. The lowest BCUT2D eigenvalue weighted by Crippen LogP contribution is -2.62. The summed E-state index contributed by atoms with van der Waals surface area (Å²) in [4.78, 5) is 40.3. The number of likely N-dealkylation sites (tertiary alicyclic amines) is 1. The first-order chi connectivity index (χ1) is 24.0. The number of hydrogen-bond acceptors (Lipinski definition) is 10. The van der Waals surface area contributed by atoms with Crippen molar-refractivity contribution >= 4 is 54.4 Å². The Labute approximate surface area is 294 Å². The molecule has 3 saturated heterocycles. The van der Waals surface area contributed by atoms with E-state index in [-0.39, 0.29) is 40.2 Å². The van der Waals surface area contributed by atoms with Gasteiger partial charge in [0.1, 0.15) is 32.3 Å². The number of carbonyl (C=O) groups excluding carboxylic acids is 1. The summed E-state index contributed by atoms with van der Waals surface area (Å²) in [5, 5.41) is 11.9. The van der Waals surface area contributed by atoms with Gasteiger partial charge in [-0.05, 0) is 68.1 Å². The summed E-state index contributed by atoms with van der Waals surface area (Å²) in [6.45, 7) is 4.56. The van der Waals surface area contributed by atoms with Gasteiger partial charge in [-0.1, -0.05) is 11.3 Å². The van der Waals surface area contributed by atoms with Crippen LogP contribution in [0.15, 0.2) is 53.5 Å². The van der Waals surface area contributed by atoms with Crippen LogP contribution in [0.3, 0.4) is 0 Å². The third-order valence-electron chi connectivity index (χ3n) is 10.8. The van der Waals surface area contributed by atoms with Gasteiger partial charge in [0, 0.05) is 86.0 Å². The van der Waals surface area contributed by atoms with Crippen molar-refractivity contribution in [2.45, 2.75) is 31.7 Å². The lowest BCUT2D eigenvalue weighted by atomic mass is 9.74. The quantitative estimate of drug-likeness (QED) is 0.274. The minimum atomic E-state index is -2.93. The molecule has 0 atom stereocenters. The Balaban J connectivity index is 0.999. The molecule has 1 amide bonds. The van der Waals surface area contributed by atoms with Crippen LogP contribution >= 0.6 is 11.3 Å². The molecule has 8 rings (SSSR count). The van der Waals surface area contributed by atoms with Crippen molar-refractivity contribution in [3.8, 4) is 17.3 Å². The number of anilines is 3. The van der Waals surface area contributed by atoms with Crippen LogP contribution in [-0.4, -0.2) is 98.0 Å². The van der Waals surface area contributed by atoms with E-state index in [1.807, 2.05) is 39.7 Å². The zero-order valence-electron chi connectivity index (χ0n) is 27.8. The molecule has 0 bridgehead atoms. The Morgan fingerprint density at radius 1 is 1.06 bits per heavy atom. The summed E-state index contributed by atoms with van der Waals surface area (Å²) in [6.07, 6.45) is 5.11. The first-order valence-electron chi connectivity index (χ1n) is 17.1. The number of thiazole rings is 1. The van der Waals surface area contributed by atoms with Crippen molar-refractivity contribution in [3.63, 3.8) is 0 Å². The number of pyridine rings is 1. The van der Waals surface area contributed by atoms with Gasteiger partial charge in [-0.3, -0.25) is 14.5 Å². The van der Waals surface area contributed by atoms with E-state index in [4.69, 9.17) is 4.98 Å². The molecule has 260 valence electrons. The lowest BCUT2D eigenvalue weighted by Gasteiger charge is -2.52. The number of nitriles is 1. The van der Waals surface area contributed by atoms with Crippen LogP contribution in [-0.2, 0) is 14.6 Å². The highest BCUT2D eigenvalue weighted by atomic mass is 32.2. The number of piperazine rings is 1. The van der Waals surface area contributed by atoms with Gasteiger partial charge in [0.25, 0.3) is 5.56 Å². The number of carbonyl (C=O) groups is 1. The largest absolute Gasteiger partial charge is 0.369 e. The van der Waals surface area contributed by atoms with Gasteiger partial charge in [0.05, 0.1) is 23.7 Å². The van der Waals surface area contributed by atoms with Crippen molar-refractivity contribution in [1.29, 1.82) is 5.26 Å². The van der Waals surface area contributed by atoms with Gasteiger partial charge >= 0.3 is 0 Å². The SMILES string of the molecule is CN(c1nc(-c2ccc(F)cc2)c(C#N)s1)c1cn(C2CC2)c(=O)c2ccc(N3CCN(CC(=O)N4CC5(CCS(=O)(=O)CC5)C4)CC3)cc12. The highest BCUT2D eigenvalue weighted by Crippen LogP contribution is 2.42. The van der Waals surface area contributed by atoms with E-state index in [9.17, 15) is 27.7 Å². The average molecular weight is 716 g/mol. The molecule has 4 fully saturated rings. The van der Waals surface area contributed by atoms with E-state index in [0.717, 1.165) is 55.8 Å². The molecule has 5 heterocycles. The van der Waals surface area contributed by atoms with Crippen LogP contribution < -0.4 is 15.4 Å². The second kappa shape index (κ2) is 12.5. The Kier molecular flexibility index (Phi) is 8.20. The zero-order valence-corrected chi connectivity index (χ0v) is 29.5. The summed E-state index contributed by atoms with van der Waals surface area (Å²) < 4.78 is 39.2. The molecule has 14 heteroatoms. The van der Waals surface area contributed by atoms with Crippen LogP contribution in [0, 0.1) is 22.6 Å². The van der Waals surface area contributed by atoms with E-state index >= 15 is 0 Å². The van der Waals surface area contributed by atoms with Gasteiger partial charge in [-0.15, -0.1) is 0 Å². The summed E-state index contributed by atoms with van der Waals surface area (Å²) >= 11 is 1.26. The third kappa shape index (κ3) is 6.16. The highest BCUT2D eigenvalue weighted by Gasteiger charge is 2.48. The van der Waals surface area contributed by atoms with Crippen molar-refractivity contribution in [2.75, 3.05) is 74.2 Å². The molecule has 1 aliphatic carbocycles. The monoisotopic (exact) mass is 715 g/mol. The van der Waals surface area contributed by atoms with Crippen LogP contribution in [0.1, 0.15) is 36.6 Å². The number of rotatable bonds is 7. The van der Waals surface area contributed by atoms with Crippen molar-refractivity contribution < 1.29 is 17.6 Å². The standard InChI is InChI=1S/C36H38FN7O4S2/c1-40(35-39-33(31(19-38)49-35)24-2-4-25(37)5-3-24)30-20-44(26-6-7-26)34(46)28-9-8-27(18-29(28)30)42-14-12-41(13-15-42)21-32(45)43-22-36(23-43)10-16-50(47,48)17-11-36/h2-5,8-9,18,20,26H,6-7,10-17,21-23H2,1H3. The number of hydrogen-bond donors (Lipinski definition) is 0. The van der Waals surface area contributed by atoms with Crippen LogP contribution in [0.2, 0.25) is 0 Å². The third-order valence-corrected chi connectivity index (χ3v) is 13.5. The predicted molar refractivity (Wildman–Crippen MR) is 192 cm³/mol. The fourth-order valence-corrected chi connectivity index (χ4v) is 10.1. The van der Waals surface area contributed by atoms with Gasteiger partial charge in [-0.25, -0.2) is 17.8 Å². The van der Waals surface area contributed by atoms with Crippen molar-refractivity contribution in [3.05, 3.63) is 69.7 Å². The molecule has 0 N–H and O–H groups in total. The number of nitrogens with zero attached hydrogens (tertiary/aromatic N) is 7. The van der Waals surface area contributed by atoms with Gasteiger partial charge in [-0.2, -0.15) is 5.26 Å². The van der Waals surface area contributed by atoms with E-state index in [0.29, 0.717) is 59.1 Å². The average Bonchev–Trinajstić information content (AvgIpc) is 3.85. The number of benzene rings is 2. The smallest absolute Gasteiger partial charge is 0.258 e. The second-order valence-electron chi connectivity index (χ2n) is 14.2. The number of aromatic nitrogens is 2. The van der Waals surface area contributed by atoms with Crippen molar-refractivity contribution in [2.24, 2.45) is 5.41 Å². The van der Waals surface area contributed by atoms with Gasteiger partial charge in [0.2, 0.25) is 5.91 Å². The summed E-state index contributed by atoms with van der Waals surface area (Å²) in [5.41, 5.74) is 2.90. The fourth-order valence-electron chi connectivity index (χ4n) is 7.53. The normalized spacial score (nSPS) is 20.1. The molecule has 1 spiro atoms. The van der Waals surface area contributed by atoms with E-state index in [1.54, 1.807) is 12.1 Å². The number of halogens is 1. The molecule has 0 radical (unpaired) electrons. The summed E-state index contributed by atoms with van der Waals surface area (Å²) in [7, 11) is -1.03. The maximum absolute atomic E-state index is 13.7. The predicted octanol–water partition coefficient (Wildman–Crippen LogP) is 4.40. The minimum Gasteiger partial charge on any atom is -0.369 e. The van der Waals surface area contributed by atoms with Gasteiger partial charge in [0.15, 0.2) is 5.13 Å². The molecule has 4 aromatic rings. The Morgan fingerprint density at radius 2 is 1.76 bits per heavy atom. The number of amides is 1. The van der Waals surface area contributed by atoms with E-state index in [2.05, 4.69) is 21.9 Å². The zero-order chi connectivity index (χ0) is 34.8.